The van der Waals surface area contributed by atoms with Crippen molar-refractivity contribution in [1.82, 2.24) is 0 Å². The summed E-state index contributed by atoms with van der Waals surface area (Å²) in [5.74, 6) is 1.65. The number of benzene rings is 2. The van der Waals surface area contributed by atoms with Gasteiger partial charge in [-0.1, -0.05) is 51.0 Å². The van der Waals surface area contributed by atoms with Crippen LogP contribution in [0.2, 0.25) is 0 Å². The number of aliphatic hydroxyl groups excluding tert-OH is 2. The first-order valence-electron chi connectivity index (χ1n) is 10.7. The van der Waals surface area contributed by atoms with Crippen molar-refractivity contribution in [3.05, 3.63) is 58.7 Å². The van der Waals surface area contributed by atoms with E-state index in [-0.39, 0.29) is 18.6 Å². The lowest BCUT2D eigenvalue weighted by Crippen LogP contribution is -2.28. The Hall–Kier alpha value is -2.04. The summed E-state index contributed by atoms with van der Waals surface area (Å²) in [4.78, 5) is 0. The summed E-state index contributed by atoms with van der Waals surface area (Å²) in [6.07, 6.45) is 4.30. The lowest BCUT2D eigenvalue weighted by molar-refractivity contribution is 0.200. The van der Waals surface area contributed by atoms with Crippen molar-refractivity contribution in [2.75, 3.05) is 26.4 Å². The summed E-state index contributed by atoms with van der Waals surface area (Å²) < 4.78 is 11.3. The van der Waals surface area contributed by atoms with Gasteiger partial charge in [0.1, 0.15) is 24.7 Å². The van der Waals surface area contributed by atoms with Crippen LogP contribution in [0.3, 0.4) is 0 Å². The number of hydrogen-bond donors (Lipinski definition) is 2. The normalized spacial score (nSPS) is 11.5. The molecule has 0 aliphatic heterocycles. The van der Waals surface area contributed by atoms with Gasteiger partial charge < -0.3 is 19.7 Å². The zero-order chi connectivity index (χ0) is 21.3. The van der Waals surface area contributed by atoms with Gasteiger partial charge in [-0.05, 0) is 61.1 Å². The molecule has 29 heavy (non-hydrogen) atoms. The maximum Gasteiger partial charge on any atom is 0.122 e. The van der Waals surface area contributed by atoms with E-state index >= 15 is 0 Å². The zero-order valence-corrected chi connectivity index (χ0v) is 18.3. The van der Waals surface area contributed by atoms with E-state index in [0.717, 1.165) is 48.3 Å². The predicted octanol–water partition coefficient (Wildman–Crippen LogP) is 4.93. The topological polar surface area (TPSA) is 58.9 Å². The van der Waals surface area contributed by atoms with Crippen molar-refractivity contribution < 1.29 is 19.7 Å². The van der Waals surface area contributed by atoms with Crippen LogP contribution >= 0.6 is 0 Å². The van der Waals surface area contributed by atoms with Crippen LogP contribution in [-0.2, 0) is 5.41 Å². The van der Waals surface area contributed by atoms with E-state index in [1.54, 1.807) is 0 Å². The van der Waals surface area contributed by atoms with Crippen LogP contribution in [0.15, 0.2) is 36.4 Å². The molecule has 2 rings (SSSR count). The molecule has 4 heteroatoms. The van der Waals surface area contributed by atoms with Gasteiger partial charge in [-0.15, -0.1) is 0 Å². The molecule has 0 bridgehead atoms. The van der Waals surface area contributed by atoms with Gasteiger partial charge in [0.05, 0.1) is 13.2 Å². The van der Waals surface area contributed by atoms with Gasteiger partial charge >= 0.3 is 0 Å². The first-order chi connectivity index (χ1) is 14.0. The molecule has 0 spiro atoms. The minimum atomic E-state index is -0.0654. The molecule has 2 aromatic carbocycles. The maximum absolute atomic E-state index is 9.04. The second-order valence-corrected chi connectivity index (χ2v) is 7.69. The van der Waals surface area contributed by atoms with Crippen molar-refractivity contribution in [2.45, 2.75) is 58.8 Å². The van der Waals surface area contributed by atoms with Gasteiger partial charge in [0.15, 0.2) is 0 Å². The Morgan fingerprint density at radius 1 is 0.724 bits per heavy atom. The summed E-state index contributed by atoms with van der Waals surface area (Å²) >= 11 is 0. The fraction of sp³-hybridized carbons (Fsp3) is 0.520. The molecule has 0 fully saturated rings. The highest BCUT2D eigenvalue weighted by molar-refractivity contribution is 5.48. The molecule has 0 amide bonds. The molecule has 0 atom stereocenters. The third-order valence-corrected chi connectivity index (χ3v) is 5.51. The van der Waals surface area contributed by atoms with Crippen molar-refractivity contribution >= 4 is 0 Å². The summed E-state index contributed by atoms with van der Waals surface area (Å²) in [7, 11) is 0. The van der Waals surface area contributed by atoms with Gasteiger partial charge in [-0.3, -0.25) is 0 Å². The molecule has 2 aromatic rings. The molecule has 0 aliphatic carbocycles. The summed E-state index contributed by atoms with van der Waals surface area (Å²) in [5, 5.41) is 18.1. The highest BCUT2D eigenvalue weighted by Crippen LogP contribution is 2.43. The Morgan fingerprint density at radius 3 is 1.45 bits per heavy atom. The van der Waals surface area contributed by atoms with Crippen LogP contribution in [0.5, 0.6) is 11.5 Å². The van der Waals surface area contributed by atoms with E-state index in [1.807, 2.05) is 12.1 Å². The van der Waals surface area contributed by atoms with Gasteiger partial charge in [-0.2, -0.15) is 0 Å². The van der Waals surface area contributed by atoms with Crippen LogP contribution in [0.4, 0.5) is 0 Å². The number of hydrogen-bond acceptors (Lipinski definition) is 4. The van der Waals surface area contributed by atoms with Crippen LogP contribution < -0.4 is 9.47 Å². The summed E-state index contributed by atoms with van der Waals surface area (Å²) in [6.45, 7) is 9.25. The lowest BCUT2D eigenvalue weighted by Gasteiger charge is -2.36. The molecular weight excluding hydrogens is 364 g/mol. The fourth-order valence-electron chi connectivity index (χ4n) is 4.25. The monoisotopic (exact) mass is 400 g/mol. The highest BCUT2D eigenvalue weighted by Gasteiger charge is 2.33. The van der Waals surface area contributed by atoms with Crippen LogP contribution in [-0.4, -0.2) is 36.6 Å². The van der Waals surface area contributed by atoms with Crippen LogP contribution in [0.1, 0.15) is 61.8 Å². The standard InChI is InChI=1S/C25H36O4/c1-5-11-25(12-6-2,21-7-9-23(19(3)17-21)28-15-13-26)22-8-10-24(20(4)18-22)29-16-14-27/h7-10,17-18,26-27H,5-6,11-16H2,1-4H3. The Labute approximate surface area is 175 Å². The molecular formula is C25H36O4. The molecule has 0 unspecified atom stereocenters. The van der Waals surface area contributed by atoms with E-state index in [9.17, 15) is 0 Å². The van der Waals surface area contributed by atoms with Gasteiger partial charge in [0.25, 0.3) is 0 Å². The average molecular weight is 401 g/mol. The molecule has 160 valence electrons. The molecule has 0 saturated heterocycles. The van der Waals surface area contributed by atoms with E-state index < -0.39 is 0 Å². The van der Waals surface area contributed by atoms with Crippen molar-refractivity contribution in [3.63, 3.8) is 0 Å². The quantitative estimate of drug-likeness (QED) is 0.530. The third kappa shape index (κ3) is 5.52. The Morgan fingerprint density at radius 2 is 1.14 bits per heavy atom. The SMILES string of the molecule is CCCC(CCC)(c1ccc(OCCO)c(C)c1)c1ccc(OCCO)c(C)c1. The van der Waals surface area contributed by atoms with Gasteiger partial charge in [-0.25, -0.2) is 0 Å². The fourth-order valence-corrected chi connectivity index (χ4v) is 4.25. The number of aliphatic hydroxyl groups is 2. The molecule has 0 saturated carbocycles. The number of ether oxygens (including phenoxy) is 2. The van der Waals surface area contributed by atoms with Crippen LogP contribution in [0, 0.1) is 13.8 Å². The maximum atomic E-state index is 9.04. The molecule has 2 N–H and O–H groups in total. The Bertz CT molecular complexity index is 704. The molecule has 0 aliphatic rings. The van der Waals surface area contributed by atoms with E-state index in [2.05, 4.69) is 52.0 Å². The van der Waals surface area contributed by atoms with Crippen LogP contribution in [0.25, 0.3) is 0 Å². The highest BCUT2D eigenvalue weighted by atomic mass is 16.5. The molecule has 0 aromatic heterocycles. The minimum absolute atomic E-state index is 0.0147. The second-order valence-electron chi connectivity index (χ2n) is 7.69. The smallest absolute Gasteiger partial charge is 0.122 e. The second kappa shape index (κ2) is 11.2. The first-order valence-corrected chi connectivity index (χ1v) is 10.7. The lowest BCUT2D eigenvalue weighted by atomic mass is 9.68. The Kier molecular flexibility index (Phi) is 8.99. The average Bonchev–Trinajstić information content (AvgIpc) is 2.71. The largest absolute Gasteiger partial charge is 0.491 e. The zero-order valence-electron chi connectivity index (χ0n) is 18.3. The summed E-state index contributed by atoms with van der Waals surface area (Å²) in [5.41, 5.74) is 4.72. The van der Waals surface area contributed by atoms with Gasteiger partial charge in [0.2, 0.25) is 0 Å². The number of aryl methyl sites for hydroxylation is 2. The summed E-state index contributed by atoms with van der Waals surface area (Å²) in [6, 6.07) is 12.9. The predicted molar refractivity (Wildman–Crippen MR) is 118 cm³/mol. The Balaban J connectivity index is 2.51. The van der Waals surface area contributed by atoms with Gasteiger partial charge in [0, 0.05) is 5.41 Å². The minimum Gasteiger partial charge on any atom is -0.491 e. The first kappa shape index (κ1) is 23.2. The van der Waals surface area contributed by atoms with Crippen molar-refractivity contribution in [2.24, 2.45) is 0 Å². The van der Waals surface area contributed by atoms with Crippen molar-refractivity contribution in [1.29, 1.82) is 0 Å². The third-order valence-electron chi connectivity index (χ3n) is 5.51. The molecule has 0 radical (unpaired) electrons. The van der Waals surface area contributed by atoms with Crippen molar-refractivity contribution in [3.8, 4) is 11.5 Å². The molecule has 4 nitrogen and oxygen atoms in total. The van der Waals surface area contributed by atoms with E-state index in [1.165, 1.54) is 11.1 Å². The number of rotatable bonds is 12. The van der Waals surface area contributed by atoms with E-state index in [4.69, 9.17) is 19.7 Å². The van der Waals surface area contributed by atoms with E-state index in [0.29, 0.717) is 13.2 Å². The molecule has 0 heterocycles.